The lowest BCUT2D eigenvalue weighted by atomic mass is 9.99. The van der Waals surface area contributed by atoms with E-state index >= 15 is 0 Å². The van der Waals surface area contributed by atoms with E-state index in [1.165, 1.54) is 0 Å². The van der Waals surface area contributed by atoms with E-state index in [4.69, 9.17) is 9.84 Å². The molecule has 2 aromatic rings. The van der Waals surface area contributed by atoms with Crippen molar-refractivity contribution in [1.29, 1.82) is 0 Å². The van der Waals surface area contributed by atoms with Gasteiger partial charge in [0.2, 0.25) is 0 Å². The third-order valence-corrected chi connectivity index (χ3v) is 2.83. The summed E-state index contributed by atoms with van der Waals surface area (Å²) in [5.74, 6) is 0.496. The number of benzene rings is 2. The molecule has 0 saturated carbocycles. The zero-order valence-electron chi connectivity index (χ0n) is 9.86. The Morgan fingerprint density at radius 1 is 1.24 bits per heavy atom. The van der Waals surface area contributed by atoms with E-state index in [1.54, 1.807) is 13.2 Å². The molecule has 17 heavy (non-hydrogen) atoms. The SMILES string of the molecule is COc1ccc2cc(C)c(C(=O)CO)cc2c1. The van der Waals surface area contributed by atoms with E-state index in [1.807, 2.05) is 31.2 Å². The molecule has 0 aliphatic heterocycles. The lowest BCUT2D eigenvalue weighted by Crippen LogP contribution is -2.06. The highest BCUT2D eigenvalue weighted by molar-refractivity contribution is 6.02. The molecule has 3 nitrogen and oxygen atoms in total. The van der Waals surface area contributed by atoms with Crippen LogP contribution < -0.4 is 4.74 Å². The van der Waals surface area contributed by atoms with Crippen molar-refractivity contribution < 1.29 is 14.6 Å². The van der Waals surface area contributed by atoms with Gasteiger partial charge in [-0.1, -0.05) is 12.1 Å². The molecule has 0 radical (unpaired) electrons. The fourth-order valence-electron chi connectivity index (χ4n) is 1.90. The summed E-state index contributed by atoms with van der Waals surface area (Å²) >= 11 is 0. The number of fused-ring (bicyclic) bond motifs is 1. The quantitative estimate of drug-likeness (QED) is 0.823. The Morgan fingerprint density at radius 2 is 2.00 bits per heavy atom. The van der Waals surface area contributed by atoms with Crippen LogP contribution >= 0.6 is 0 Å². The van der Waals surface area contributed by atoms with Gasteiger partial charge >= 0.3 is 0 Å². The summed E-state index contributed by atoms with van der Waals surface area (Å²) in [6.07, 6.45) is 0. The maximum Gasteiger partial charge on any atom is 0.188 e. The van der Waals surface area contributed by atoms with Gasteiger partial charge in [0.25, 0.3) is 0 Å². The number of carbonyl (C=O) groups is 1. The summed E-state index contributed by atoms with van der Waals surface area (Å²) in [7, 11) is 1.61. The highest BCUT2D eigenvalue weighted by Gasteiger charge is 2.09. The first-order chi connectivity index (χ1) is 8.15. The van der Waals surface area contributed by atoms with Gasteiger partial charge in [0.15, 0.2) is 5.78 Å². The molecule has 0 bridgehead atoms. The van der Waals surface area contributed by atoms with Crippen LogP contribution in [0.4, 0.5) is 0 Å². The third kappa shape index (κ3) is 2.15. The molecule has 0 heterocycles. The van der Waals surface area contributed by atoms with E-state index in [0.29, 0.717) is 5.56 Å². The number of aliphatic hydroxyl groups excluding tert-OH is 1. The zero-order chi connectivity index (χ0) is 12.4. The molecule has 88 valence electrons. The molecule has 0 unspecified atom stereocenters. The van der Waals surface area contributed by atoms with Gasteiger partial charge in [-0.3, -0.25) is 4.79 Å². The minimum atomic E-state index is -0.462. The number of ketones is 1. The van der Waals surface area contributed by atoms with Crippen LogP contribution in [0.1, 0.15) is 15.9 Å². The van der Waals surface area contributed by atoms with Gasteiger partial charge in [0.05, 0.1) is 7.11 Å². The topological polar surface area (TPSA) is 46.5 Å². The number of ether oxygens (including phenoxy) is 1. The van der Waals surface area contributed by atoms with Crippen molar-refractivity contribution in [2.45, 2.75) is 6.92 Å². The predicted octanol–water partition coefficient (Wildman–Crippen LogP) is 2.33. The summed E-state index contributed by atoms with van der Waals surface area (Å²) in [6, 6.07) is 9.45. The zero-order valence-corrected chi connectivity index (χ0v) is 9.86. The molecular weight excluding hydrogens is 216 g/mol. The van der Waals surface area contributed by atoms with Crippen molar-refractivity contribution in [2.24, 2.45) is 0 Å². The molecule has 1 N–H and O–H groups in total. The van der Waals surface area contributed by atoms with Gasteiger partial charge in [-0.25, -0.2) is 0 Å². The Labute approximate surface area is 99.6 Å². The van der Waals surface area contributed by atoms with E-state index in [-0.39, 0.29) is 5.78 Å². The Kier molecular flexibility index (Phi) is 3.11. The van der Waals surface area contributed by atoms with E-state index in [0.717, 1.165) is 22.1 Å². The fourth-order valence-corrected chi connectivity index (χ4v) is 1.90. The third-order valence-electron chi connectivity index (χ3n) is 2.83. The molecule has 0 spiro atoms. The monoisotopic (exact) mass is 230 g/mol. The van der Waals surface area contributed by atoms with Crippen LogP contribution in [0, 0.1) is 6.92 Å². The lowest BCUT2D eigenvalue weighted by Gasteiger charge is -2.07. The van der Waals surface area contributed by atoms with Crippen LogP contribution in [0.25, 0.3) is 10.8 Å². The van der Waals surface area contributed by atoms with E-state index in [2.05, 4.69) is 0 Å². The molecule has 0 saturated heterocycles. The van der Waals surface area contributed by atoms with Gasteiger partial charge in [0.1, 0.15) is 12.4 Å². The minimum absolute atomic E-state index is 0.257. The Balaban J connectivity index is 2.64. The first-order valence-electron chi connectivity index (χ1n) is 5.38. The van der Waals surface area contributed by atoms with Crippen molar-refractivity contribution in [1.82, 2.24) is 0 Å². The smallest absolute Gasteiger partial charge is 0.188 e. The first kappa shape index (κ1) is 11.6. The summed E-state index contributed by atoms with van der Waals surface area (Å²) in [5.41, 5.74) is 1.44. The van der Waals surface area contributed by atoms with Crippen LogP contribution in [0.2, 0.25) is 0 Å². The molecule has 2 aromatic carbocycles. The number of aryl methyl sites for hydroxylation is 1. The predicted molar refractivity (Wildman–Crippen MR) is 66.7 cm³/mol. The lowest BCUT2D eigenvalue weighted by molar-refractivity contribution is 0.0903. The Bertz CT molecular complexity index is 573. The van der Waals surface area contributed by atoms with Crippen LogP contribution in [-0.2, 0) is 0 Å². The van der Waals surface area contributed by atoms with Crippen molar-refractivity contribution in [3.8, 4) is 5.75 Å². The van der Waals surface area contributed by atoms with Gasteiger partial charge in [-0.05, 0) is 41.5 Å². The summed E-state index contributed by atoms with van der Waals surface area (Å²) < 4.78 is 5.14. The molecule has 0 aliphatic rings. The average Bonchev–Trinajstić information content (AvgIpc) is 2.36. The minimum Gasteiger partial charge on any atom is -0.497 e. The van der Waals surface area contributed by atoms with Crippen molar-refractivity contribution in [3.63, 3.8) is 0 Å². The van der Waals surface area contributed by atoms with Crippen molar-refractivity contribution in [3.05, 3.63) is 41.5 Å². The number of aliphatic hydroxyl groups is 1. The molecule has 0 aromatic heterocycles. The highest BCUT2D eigenvalue weighted by Crippen LogP contribution is 2.24. The van der Waals surface area contributed by atoms with Crippen molar-refractivity contribution >= 4 is 16.6 Å². The second-order valence-electron chi connectivity index (χ2n) is 3.96. The van der Waals surface area contributed by atoms with Gasteiger partial charge in [-0.15, -0.1) is 0 Å². The van der Waals surface area contributed by atoms with Crippen LogP contribution in [0.3, 0.4) is 0 Å². The van der Waals surface area contributed by atoms with Crippen LogP contribution in [0.5, 0.6) is 5.75 Å². The van der Waals surface area contributed by atoms with E-state index < -0.39 is 6.61 Å². The normalized spacial score (nSPS) is 10.5. The number of hydrogen-bond acceptors (Lipinski definition) is 3. The fraction of sp³-hybridized carbons (Fsp3) is 0.214. The standard InChI is InChI=1S/C14H14O3/c1-9-5-10-3-4-12(17-2)6-11(10)7-13(9)14(16)8-15/h3-7,15H,8H2,1-2H3. The summed E-state index contributed by atoms with van der Waals surface area (Å²) in [4.78, 5) is 11.6. The van der Waals surface area contributed by atoms with Crippen LogP contribution in [-0.4, -0.2) is 24.6 Å². The van der Waals surface area contributed by atoms with Gasteiger partial charge in [-0.2, -0.15) is 0 Å². The number of methoxy groups -OCH3 is 1. The summed E-state index contributed by atoms with van der Waals surface area (Å²) in [5, 5.41) is 10.9. The number of carbonyl (C=O) groups excluding carboxylic acids is 1. The first-order valence-corrected chi connectivity index (χ1v) is 5.38. The second-order valence-corrected chi connectivity index (χ2v) is 3.96. The van der Waals surface area contributed by atoms with Gasteiger partial charge in [0, 0.05) is 5.56 Å². The molecular formula is C14H14O3. The summed E-state index contributed by atoms with van der Waals surface area (Å²) in [6.45, 7) is 1.41. The van der Waals surface area contributed by atoms with E-state index in [9.17, 15) is 4.79 Å². The van der Waals surface area contributed by atoms with Gasteiger partial charge < -0.3 is 9.84 Å². The maximum atomic E-state index is 11.6. The molecule has 0 aliphatic carbocycles. The second kappa shape index (κ2) is 4.55. The van der Waals surface area contributed by atoms with Crippen LogP contribution in [0.15, 0.2) is 30.3 Å². The van der Waals surface area contributed by atoms with Crippen molar-refractivity contribution in [2.75, 3.05) is 13.7 Å². The molecule has 0 atom stereocenters. The Hall–Kier alpha value is -1.87. The Morgan fingerprint density at radius 3 is 2.65 bits per heavy atom. The largest absolute Gasteiger partial charge is 0.497 e. The number of rotatable bonds is 3. The molecule has 2 rings (SSSR count). The number of hydrogen-bond donors (Lipinski definition) is 1. The number of Topliss-reactive ketones (excluding diaryl/α,β-unsaturated/α-hetero) is 1. The average molecular weight is 230 g/mol. The highest BCUT2D eigenvalue weighted by atomic mass is 16.5. The molecule has 0 amide bonds. The molecule has 3 heteroatoms. The molecule has 0 fully saturated rings. The maximum absolute atomic E-state index is 11.6.